The monoisotopic (exact) mass is 341 g/mol. The van der Waals surface area contributed by atoms with E-state index in [0.29, 0.717) is 0 Å². The molecule has 1 aliphatic rings. The lowest BCUT2D eigenvalue weighted by Crippen LogP contribution is -2.55. The third kappa shape index (κ3) is 5.58. The number of carbonyl (C=O) groups is 1. The summed E-state index contributed by atoms with van der Waals surface area (Å²) in [5, 5.41) is 30.7. The minimum Gasteiger partial charge on any atom is -0.394 e. The number of hydrogen-bond donors (Lipinski definition) is 4. The van der Waals surface area contributed by atoms with Crippen LogP contribution in [0.4, 0.5) is 0 Å². The van der Waals surface area contributed by atoms with Crippen molar-refractivity contribution in [3.05, 3.63) is 0 Å². The van der Waals surface area contributed by atoms with E-state index in [0.717, 1.165) is 0 Å². The SMILES string of the molecule is CCOP(=O)(CC(=O)NC1C[C@@H](O)[C@H](O)[C@@H](CO)O1)OCC. The summed E-state index contributed by atoms with van der Waals surface area (Å²) < 4.78 is 27.5. The van der Waals surface area contributed by atoms with Crippen LogP contribution in [0.25, 0.3) is 0 Å². The number of rotatable bonds is 8. The van der Waals surface area contributed by atoms with Crippen LogP contribution in [-0.4, -0.2) is 71.7 Å². The first-order valence-corrected chi connectivity index (χ1v) is 8.88. The first kappa shape index (κ1) is 19.5. The Morgan fingerprint density at radius 1 is 1.32 bits per heavy atom. The summed E-state index contributed by atoms with van der Waals surface area (Å²) in [6.07, 6.45) is -4.79. The van der Waals surface area contributed by atoms with Gasteiger partial charge in [0.15, 0.2) is 0 Å². The molecule has 0 bridgehead atoms. The van der Waals surface area contributed by atoms with Gasteiger partial charge in [-0.05, 0) is 13.8 Å². The smallest absolute Gasteiger partial charge is 0.340 e. The van der Waals surface area contributed by atoms with E-state index >= 15 is 0 Å². The highest BCUT2D eigenvalue weighted by atomic mass is 31.2. The van der Waals surface area contributed by atoms with Gasteiger partial charge < -0.3 is 34.4 Å². The Morgan fingerprint density at radius 2 is 1.91 bits per heavy atom. The highest BCUT2D eigenvalue weighted by molar-refractivity contribution is 7.54. The predicted molar refractivity (Wildman–Crippen MR) is 76.2 cm³/mol. The quantitative estimate of drug-likeness (QED) is 0.421. The summed E-state index contributed by atoms with van der Waals surface area (Å²) in [5.41, 5.74) is 0. The minimum atomic E-state index is -3.52. The Balaban J connectivity index is 2.58. The molecule has 0 saturated carbocycles. The maximum atomic E-state index is 12.2. The fourth-order valence-corrected chi connectivity index (χ4v) is 3.61. The molecule has 10 heteroatoms. The summed E-state index contributed by atoms with van der Waals surface area (Å²) >= 11 is 0. The van der Waals surface area contributed by atoms with Crippen molar-refractivity contribution in [2.24, 2.45) is 0 Å². The molecule has 1 aliphatic heterocycles. The number of aliphatic hydroxyl groups excluding tert-OH is 3. The molecule has 0 aromatic carbocycles. The average Bonchev–Trinajstić information content (AvgIpc) is 2.42. The number of nitrogens with one attached hydrogen (secondary N) is 1. The van der Waals surface area contributed by atoms with Crippen molar-refractivity contribution >= 4 is 13.5 Å². The molecule has 4 atom stereocenters. The van der Waals surface area contributed by atoms with Crippen LogP contribution < -0.4 is 5.32 Å². The van der Waals surface area contributed by atoms with Crippen molar-refractivity contribution in [1.82, 2.24) is 5.32 Å². The first-order chi connectivity index (χ1) is 10.3. The minimum absolute atomic E-state index is 0.0447. The lowest BCUT2D eigenvalue weighted by Gasteiger charge is -2.36. The third-order valence-corrected chi connectivity index (χ3v) is 5.04. The zero-order valence-corrected chi connectivity index (χ0v) is 13.6. The highest BCUT2D eigenvalue weighted by Crippen LogP contribution is 2.47. The second-order valence-electron chi connectivity index (χ2n) is 4.81. The lowest BCUT2D eigenvalue weighted by molar-refractivity contribution is -0.188. The molecular weight excluding hydrogens is 317 g/mol. The van der Waals surface area contributed by atoms with E-state index in [4.69, 9.17) is 18.9 Å². The van der Waals surface area contributed by atoms with Crippen molar-refractivity contribution in [3.63, 3.8) is 0 Å². The summed E-state index contributed by atoms with van der Waals surface area (Å²) in [7, 11) is -3.52. The van der Waals surface area contributed by atoms with Crippen LogP contribution in [0, 0.1) is 0 Å². The van der Waals surface area contributed by atoms with E-state index in [-0.39, 0.29) is 19.6 Å². The molecule has 4 N–H and O–H groups in total. The van der Waals surface area contributed by atoms with Crippen LogP contribution in [-0.2, 0) is 23.1 Å². The fourth-order valence-electron chi connectivity index (χ4n) is 2.12. The second kappa shape index (κ2) is 8.93. The molecule has 0 aromatic rings. The van der Waals surface area contributed by atoms with Gasteiger partial charge >= 0.3 is 7.60 Å². The largest absolute Gasteiger partial charge is 0.394 e. The summed E-state index contributed by atoms with van der Waals surface area (Å²) in [6, 6.07) is 0. The summed E-state index contributed by atoms with van der Waals surface area (Å²) in [6.45, 7) is 3.06. The van der Waals surface area contributed by atoms with E-state index in [2.05, 4.69) is 5.32 Å². The summed E-state index contributed by atoms with van der Waals surface area (Å²) in [5.74, 6) is -0.629. The molecule has 1 saturated heterocycles. The van der Waals surface area contributed by atoms with Crippen LogP contribution in [0.3, 0.4) is 0 Å². The lowest BCUT2D eigenvalue weighted by atomic mass is 10.0. The molecule has 130 valence electrons. The van der Waals surface area contributed by atoms with Gasteiger partial charge in [0, 0.05) is 6.42 Å². The molecule has 0 aliphatic carbocycles. The van der Waals surface area contributed by atoms with E-state index in [1.54, 1.807) is 13.8 Å². The van der Waals surface area contributed by atoms with Gasteiger partial charge in [0.2, 0.25) is 5.91 Å². The molecule has 22 heavy (non-hydrogen) atoms. The molecule has 1 amide bonds. The third-order valence-electron chi connectivity index (χ3n) is 3.06. The molecular formula is C12H24NO8P. The topological polar surface area (TPSA) is 135 Å². The number of carbonyl (C=O) groups excluding carboxylic acids is 1. The van der Waals surface area contributed by atoms with Crippen molar-refractivity contribution in [2.45, 2.75) is 44.8 Å². The van der Waals surface area contributed by atoms with Crippen LogP contribution >= 0.6 is 7.60 Å². The highest BCUT2D eigenvalue weighted by Gasteiger charge is 2.37. The van der Waals surface area contributed by atoms with Gasteiger partial charge in [0.05, 0.1) is 25.9 Å². The Bertz CT molecular complexity index is 397. The van der Waals surface area contributed by atoms with Gasteiger partial charge in [-0.3, -0.25) is 9.36 Å². The van der Waals surface area contributed by atoms with Crippen molar-refractivity contribution in [3.8, 4) is 0 Å². The normalized spacial score (nSPS) is 29.3. The molecule has 1 rings (SSSR count). The average molecular weight is 341 g/mol. The molecule has 1 fully saturated rings. The van der Waals surface area contributed by atoms with E-state index in [1.165, 1.54) is 0 Å². The Morgan fingerprint density at radius 3 is 2.41 bits per heavy atom. The van der Waals surface area contributed by atoms with Gasteiger partial charge in [-0.2, -0.15) is 0 Å². The predicted octanol–water partition coefficient (Wildman–Crippen LogP) is -0.802. The fraction of sp³-hybridized carbons (Fsp3) is 0.917. The van der Waals surface area contributed by atoms with Gasteiger partial charge in [0.25, 0.3) is 0 Å². The van der Waals surface area contributed by atoms with Crippen molar-refractivity contribution in [2.75, 3.05) is 26.0 Å². The van der Waals surface area contributed by atoms with Crippen LogP contribution in [0.2, 0.25) is 0 Å². The van der Waals surface area contributed by atoms with Crippen LogP contribution in [0.5, 0.6) is 0 Å². The first-order valence-electron chi connectivity index (χ1n) is 7.15. The molecule has 1 heterocycles. The molecule has 0 spiro atoms. The van der Waals surface area contributed by atoms with Gasteiger partial charge in [-0.25, -0.2) is 0 Å². The molecule has 1 unspecified atom stereocenters. The summed E-state index contributed by atoms with van der Waals surface area (Å²) in [4.78, 5) is 11.9. The maximum absolute atomic E-state index is 12.2. The molecule has 0 aromatic heterocycles. The molecule has 9 nitrogen and oxygen atoms in total. The van der Waals surface area contributed by atoms with E-state index < -0.39 is 50.8 Å². The zero-order chi connectivity index (χ0) is 16.8. The zero-order valence-electron chi connectivity index (χ0n) is 12.7. The maximum Gasteiger partial charge on any atom is 0.340 e. The van der Waals surface area contributed by atoms with Crippen molar-refractivity contribution in [1.29, 1.82) is 0 Å². The van der Waals surface area contributed by atoms with Gasteiger partial charge in [-0.1, -0.05) is 0 Å². The van der Waals surface area contributed by atoms with E-state index in [9.17, 15) is 19.6 Å². The van der Waals surface area contributed by atoms with Gasteiger partial charge in [0.1, 0.15) is 24.6 Å². The standard InChI is InChI=1S/C12H24NO8P/c1-3-19-22(18,20-4-2)7-10(16)13-11-5-8(15)12(17)9(6-14)21-11/h8-9,11-12,14-15,17H,3-7H2,1-2H3,(H,13,16)/t8-,9-,11?,12+/m1/s1. The Kier molecular flexibility index (Phi) is 7.92. The van der Waals surface area contributed by atoms with E-state index in [1.807, 2.05) is 0 Å². The number of hydrogen-bond acceptors (Lipinski definition) is 8. The molecule has 0 radical (unpaired) electrons. The Labute approximate surface area is 129 Å². The van der Waals surface area contributed by atoms with Crippen LogP contribution in [0.1, 0.15) is 20.3 Å². The van der Waals surface area contributed by atoms with Crippen molar-refractivity contribution < 1.29 is 38.5 Å². The number of aliphatic hydroxyl groups is 3. The Hall–Kier alpha value is -0.540. The van der Waals surface area contributed by atoms with Crippen LogP contribution in [0.15, 0.2) is 0 Å². The second-order valence-corrected chi connectivity index (χ2v) is 6.87. The number of amides is 1. The number of ether oxygens (including phenoxy) is 1. The van der Waals surface area contributed by atoms with Gasteiger partial charge in [-0.15, -0.1) is 0 Å².